The van der Waals surface area contributed by atoms with Gasteiger partial charge >= 0.3 is 12.1 Å². The molecule has 27 heavy (non-hydrogen) atoms. The van der Waals surface area contributed by atoms with Gasteiger partial charge in [0.25, 0.3) is 0 Å². The third-order valence-corrected chi connectivity index (χ3v) is 5.75. The first kappa shape index (κ1) is 17.6. The topological polar surface area (TPSA) is 75.6 Å². The largest absolute Gasteiger partial charge is 0.480 e. The highest BCUT2D eigenvalue weighted by Crippen LogP contribution is 2.44. The van der Waals surface area contributed by atoms with Crippen LogP contribution in [0.25, 0.3) is 11.1 Å². The van der Waals surface area contributed by atoms with Crippen molar-refractivity contribution in [2.24, 2.45) is 11.8 Å². The van der Waals surface area contributed by atoms with Crippen LogP contribution in [0.15, 0.2) is 48.5 Å². The first-order valence-corrected chi connectivity index (χ1v) is 9.39. The van der Waals surface area contributed by atoms with Crippen LogP contribution < -0.4 is 5.32 Å². The predicted molar refractivity (Wildman–Crippen MR) is 102 cm³/mol. The number of carboxylic acid groups (broad SMARTS) is 1. The number of ether oxygens (including phenoxy) is 1. The lowest BCUT2D eigenvalue weighted by atomic mass is 9.98. The minimum absolute atomic E-state index is 0.0325. The molecule has 2 aliphatic rings. The second-order valence-corrected chi connectivity index (χ2v) is 7.57. The number of carbonyl (C=O) groups is 2. The lowest BCUT2D eigenvalue weighted by Gasteiger charge is -2.17. The zero-order chi connectivity index (χ0) is 19.0. The molecule has 0 aromatic heterocycles. The van der Waals surface area contributed by atoms with E-state index in [9.17, 15) is 14.7 Å². The van der Waals surface area contributed by atoms with Gasteiger partial charge in [-0.1, -0.05) is 55.5 Å². The Labute approximate surface area is 158 Å². The van der Waals surface area contributed by atoms with E-state index in [1.807, 2.05) is 24.3 Å². The van der Waals surface area contributed by atoms with Crippen LogP contribution in [0.2, 0.25) is 0 Å². The fourth-order valence-electron chi connectivity index (χ4n) is 4.03. The van der Waals surface area contributed by atoms with Crippen LogP contribution >= 0.6 is 0 Å². The van der Waals surface area contributed by atoms with E-state index in [-0.39, 0.29) is 12.5 Å². The molecule has 4 rings (SSSR count). The Balaban J connectivity index is 1.42. The Bertz CT molecular complexity index is 833. The molecule has 3 atom stereocenters. The molecule has 2 N–H and O–H groups in total. The fourth-order valence-corrected chi connectivity index (χ4v) is 4.03. The molecule has 0 heterocycles. The smallest absolute Gasteiger partial charge is 0.407 e. The summed E-state index contributed by atoms with van der Waals surface area (Å²) in [5.41, 5.74) is 4.59. The van der Waals surface area contributed by atoms with Gasteiger partial charge in [-0.3, -0.25) is 0 Å². The van der Waals surface area contributed by atoms with E-state index >= 15 is 0 Å². The SMILES string of the molecule is CC1CC1CC(NC(=O)OCC1c2ccccc2-c2ccccc21)C(=O)O. The normalized spacial score (nSPS) is 21.1. The van der Waals surface area contributed by atoms with Crippen molar-refractivity contribution >= 4 is 12.1 Å². The number of carbonyl (C=O) groups excluding carboxylic acids is 1. The summed E-state index contributed by atoms with van der Waals surface area (Å²) >= 11 is 0. The van der Waals surface area contributed by atoms with Crippen molar-refractivity contribution in [1.29, 1.82) is 0 Å². The molecule has 0 aliphatic heterocycles. The average molecular weight is 365 g/mol. The van der Waals surface area contributed by atoms with Crippen molar-refractivity contribution in [3.05, 3.63) is 59.7 Å². The van der Waals surface area contributed by atoms with Gasteiger partial charge in [0.05, 0.1) is 0 Å². The van der Waals surface area contributed by atoms with Gasteiger partial charge in [-0.25, -0.2) is 9.59 Å². The maximum atomic E-state index is 12.2. The molecule has 3 unspecified atom stereocenters. The minimum atomic E-state index is -1.01. The molecule has 5 nitrogen and oxygen atoms in total. The van der Waals surface area contributed by atoms with E-state index < -0.39 is 18.1 Å². The third kappa shape index (κ3) is 3.54. The molecule has 2 aromatic rings. The molecular weight excluding hydrogens is 342 g/mol. The van der Waals surface area contributed by atoms with Gasteiger partial charge in [0.15, 0.2) is 0 Å². The predicted octanol–water partition coefficient (Wildman–Crippen LogP) is 4.02. The monoisotopic (exact) mass is 365 g/mol. The highest BCUT2D eigenvalue weighted by Gasteiger charge is 2.37. The molecule has 0 spiro atoms. The number of carboxylic acids is 1. The van der Waals surface area contributed by atoms with Crippen molar-refractivity contribution < 1.29 is 19.4 Å². The van der Waals surface area contributed by atoms with E-state index in [0.717, 1.165) is 28.7 Å². The fraction of sp³-hybridized carbons (Fsp3) is 0.364. The van der Waals surface area contributed by atoms with Crippen LogP contribution in [0.5, 0.6) is 0 Å². The number of nitrogens with one attached hydrogen (secondary N) is 1. The second kappa shape index (κ2) is 7.06. The van der Waals surface area contributed by atoms with Gasteiger partial charge in [-0.2, -0.15) is 0 Å². The summed E-state index contributed by atoms with van der Waals surface area (Å²) in [5.74, 6) is -0.131. The summed E-state index contributed by atoms with van der Waals surface area (Å²) in [7, 11) is 0. The van der Waals surface area contributed by atoms with Crippen LogP contribution in [0, 0.1) is 11.8 Å². The van der Waals surface area contributed by atoms with E-state index in [4.69, 9.17) is 4.74 Å². The van der Waals surface area contributed by atoms with E-state index in [2.05, 4.69) is 36.5 Å². The summed E-state index contributed by atoms with van der Waals surface area (Å²) < 4.78 is 5.44. The maximum Gasteiger partial charge on any atom is 0.407 e. The Morgan fingerprint density at radius 3 is 2.19 bits per heavy atom. The zero-order valence-corrected chi connectivity index (χ0v) is 15.2. The molecule has 2 aromatic carbocycles. The molecule has 140 valence electrons. The van der Waals surface area contributed by atoms with Crippen molar-refractivity contribution in [2.75, 3.05) is 6.61 Å². The number of alkyl carbamates (subject to hydrolysis) is 1. The quantitative estimate of drug-likeness (QED) is 0.811. The Kier molecular flexibility index (Phi) is 4.60. The molecule has 1 amide bonds. The van der Waals surface area contributed by atoms with Crippen LogP contribution in [0.1, 0.15) is 36.8 Å². The molecule has 1 fully saturated rings. The minimum Gasteiger partial charge on any atom is -0.480 e. The summed E-state index contributed by atoms with van der Waals surface area (Å²) in [6, 6.07) is 15.3. The zero-order valence-electron chi connectivity index (χ0n) is 15.2. The van der Waals surface area contributed by atoms with Crippen molar-refractivity contribution in [3.63, 3.8) is 0 Å². The van der Waals surface area contributed by atoms with Crippen LogP contribution in [0.4, 0.5) is 4.79 Å². The molecular formula is C22H23NO4. The Hall–Kier alpha value is -2.82. The molecule has 0 bridgehead atoms. The van der Waals surface area contributed by atoms with Crippen molar-refractivity contribution in [1.82, 2.24) is 5.32 Å². The number of amides is 1. The van der Waals surface area contributed by atoms with Crippen LogP contribution in [0.3, 0.4) is 0 Å². The highest BCUT2D eigenvalue weighted by molar-refractivity contribution is 5.81. The Morgan fingerprint density at radius 1 is 1.11 bits per heavy atom. The Morgan fingerprint density at radius 2 is 1.67 bits per heavy atom. The second-order valence-electron chi connectivity index (χ2n) is 7.57. The van der Waals surface area contributed by atoms with Gasteiger partial charge in [-0.05, 0) is 46.9 Å². The lowest BCUT2D eigenvalue weighted by Crippen LogP contribution is -2.41. The average Bonchev–Trinajstić information content (AvgIpc) is 3.26. The molecule has 1 saturated carbocycles. The third-order valence-electron chi connectivity index (χ3n) is 5.75. The molecule has 0 radical (unpaired) electrons. The van der Waals surface area contributed by atoms with Gasteiger partial charge < -0.3 is 15.2 Å². The van der Waals surface area contributed by atoms with Gasteiger partial charge in [0, 0.05) is 5.92 Å². The number of fused-ring (bicyclic) bond motifs is 3. The maximum absolute atomic E-state index is 12.2. The number of rotatable bonds is 6. The first-order valence-electron chi connectivity index (χ1n) is 9.39. The molecule has 0 saturated heterocycles. The van der Waals surface area contributed by atoms with Gasteiger partial charge in [0.1, 0.15) is 12.6 Å². The summed E-state index contributed by atoms with van der Waals surface area (Å²) in [6.45, 7) is 2.28. The number of benzene rings is 2. The van der Waals surface area contributed by atoms with E-state index in [1.165, 1.54) is 0 Å². The molecule has 5 heteroatoms. The number of aliphatic carboxylic acids is 1. The summed E-state index contributed by atoms with van der Waals surface area (Å²) in [5, 5.41) is 11.9. The lowest BCUT2D eigenvalue weighted by molar-refractivity contribution is -0.139. The van der Waals surface area contributed by atoms with E-state index in [1.54, 1.807) is 0 Å². The van der Waals surface area contributed by atoms with Gasteiger partial charge in [0.2, 0.25) is 0 Å². The summed E-state index contributed by atoms with van der Waals surface area (Å²) in [4.78, 5) is 23.6. The summed E-state index contributed by atoms with van der Waals surface area (Å²) in [6.07, 6.45) is 0.814. The standard InChI is InChI=1S/C22H23NO4/c1-13-10-14(13)11-20(21(24)25)23-22(26)27-12-19-17-8-4-2-6-15(17)16-7-3-5-9-18(16)19/h2-9,13-14,19-20H,10-12H2,1H3,(H,23,26)(H,24,25). The van der Waals surface area contributed by atoms with Gasteiger partial charge in [-0.15, -0.1) is 0 Å². The number of hydrogen-bond donors (Lipinski definition) is 2. The molecule has 2 aliphatic carbocycles. The van der Waals surface area contributed by atoms with Crippen molar-refractivity contribution in [2.45, 2.75) is 31.7 Å². The highest BCUT2D eigenvalue weighted by atomic mass is 16.5. The van der Waals surface area contributed by atoms with Crippen LogP contribution in [-0.2, 0) is 9.53 Å². The van der Waals surface area contributed by atoms with Crippen molar-refractivity contribution in [3.8, 4) is 11.1 Å². The van der Waals surface area contributed by atoms with Crippen LogP contribution in [-0.4, -0.2) is 29.8 Å². The number of hydrogen-bond acceptors (Lipinski definition) is 3. The first-order chi connectivity index (χ1) is 13.0. The van der Waals surface area contributed by atoms with E-state index in [0.29, 0.717) is 18.3 Å².